The van der Waals surface area contributed by atoms with Crippen molar-refractivity contribution in [2.45, 2.75) is 26.3 Å². The van der Waals surface area contributed by atoms with Gasteiger partial charge in [-0.1, -0.05) is 29.8 Å². The van der Waals surface area contributed by atoms with Crippen LogP contribution < -0.4 is 5.32 Å². The van der Waals surface area contributed by atoms with Crippen LogP contribution in [-0.4, -0.2) is 28.4 Å². The molecule has 76 valence electrons. The molecule has 0 aromatic carbocycles. The van der Waals surface area contributed by atoms with Crippen LogP contribution in [0, 0.1) is 5.92 Å². The summed E-state index contributed by atoms with van der Waals surface area (Å²) in [5, 5.41) is 11.3. The fourth-order valence-electron chi connectivity index (χ4n) is 0.926. The van der Waals surface area contributed by atoms with Gasteiger partial charge in [0.15, 0.2) is 0 Å². The second-order valence-corrected chi connectivity index (χ2v) is 3.78. The third-order valence-corrected chi connectivity index (χ3v) is 1.97. The number of carbonyl (C=O) groups excluding carboxylic acids is 1. The first kappa shape index (κ1) is 12.4. The number of aliphatic carboxylic acids is 1. The van der Waals surface area contributed by atoms with E-state index in [0.717, 1.165) is 0 Å². The normalized spacial score (nSPS) is 12.6. The van der Waals surface area contributed by atoms with E-state index in [4.69, 9.17) is 5.11 Å². The van der Waals surface area contributed by atoms with E-state index in [1.165, 1.54) is 0 Å². The molecular formula is C8H14BrNO3. The molecule has 0 spiro atoms. The smallest absolute Gasteiger partial charge is 0.326 e. The number of alkyl halides is 1. The second kappa shape index (κ2) is 5.96. The highest BCUT2D eigenvalue weighted by Gasteiger charge is 2.20. The Bertz CT molecular complexity index is 194. The van der Waals surface area contributed by atoms with Gasteiger partial charge in [0.2, 0.25) is 5.91 Å². The lowest BCUT2D eigenvalue weighted by molar-refractivity contribution is -0.141. The van der Waals surface area contributed by atoms with Crippen molar-refractivity contribution in [3.63, 3.8) is 0 Å². The van der Waals surface area contributed by atoms with Crippen molar-refractivity contribution in [3.8, 4) is 0 Å². The molecule has 0 aromatic rings. The number of carbonyl (C=O) groups is 2. The highest BCUT2D eigenvalue weighted by Crippen LogP contribution is 2.04. The molecule has 4 nitrogen and oxygen atoms in total. The minimum Gasteiger partial charge on any atom is -0.480 e. The number of hydrogen-bond acceptors (Lipinski definition) is 2. The van der Waals surface area contributed by atoms with Crippen molar-refractivity contribution in [3.05, 3.63) is 0 Å². The van der Waals surface area contributed by atoms with E-state index in [1.807, 2.05) is 13.8 Å². The Morgan fingerprint density at radius 1 is 1.46 bits per heavy atom. The average Bonchev–Trinajstić information content (AvgIpc) is 2.02. The summed E-state index contributed by atoms with van der Waals surface area (Å²) < 4.78 is 0. The van der Waals surface area contributed by atoms with Crippen LogP contribution in [0.15, 0.2) is 0 Å². The van der Waals surface area contributed by atoms with Crippen molar-refractivity contribution < 1.29 is 14.7 Å². The Hall–Kier alpha value is -0.580. The summed E-state index contributed by atoms with van der Waals surface area (Å²) in [6.07, 6.45) is 0.452. The maximum Gasteiger partial charge on any atom is 0.326 e. The number of carboxylic acid groups (broad SMARTS) is 1. The molecule has 0 radical (unpaired) electrons. The zero-order valence-electron chi connectivity index (χ0n) is 7.71. The van der Waals surface area contributed by atoms with E-state index >= 15 is 0 Å². The minimum atomic E-state index is -0.983. The van der Waals surface area contributed by atoms with Gasteiger partial charge in [0, 0.05) is 0 Å². The summed E-state index contributed by atoms with van der Waals surface area (Å²) in [5.41, 5.74) is 0. The van der Waals surface area contributed by atoms with Gasteiger partial charge in [-0.15, -0.1) is 0 Å². The number of rotatable bonds is 5. The zero-order chi connectivity index (χ0) is 10.4. The molecule has 13 heavy (non-hydrogen) atoms. The monoisotopic (exact) mass is 251 g/mol. The fraction of sp³-hybridized carbons (Fsp3) is 0.750. The van der Waals surface area contributed by atoms with E-state index in [9.17, 15) is 9.59 Å². The van der Waals surface area contributed by atoms with Gasteiger partial charge in [-0.05, 0) is 12.3 Å². The summed E-state index contributed by atoms with van der Waals surface area (Å²) in [5.74, 6) is -1.03. The third kappa shape index (κ3) is 5.63. The Kier molecular flexibility index (Phi) is 5.70. The van der Waals surface area contributed by atoms with Crippen molar-refractivity contribution in [2.24, 2.45) is 5.92 Å². The Morgan fingerprint density at radius 2 is 2.00 bits per heavy atom. The standard InChI is InChI=1S/C8H14BrNO3/c1-5(2)3-6(8(12)13)10-7(11)4-9/h5-6H,3-4H2,1-2H3,(H,10,11)(H,12,13). The van der Waals surface area contributed by atoms with Crippen molar-refractivity contribution >= 4 is 27.8 Å². The lowest BCUT2D eigenvalue weighted by atomic mass is 10.0. The third-order valence-electron chi connectivity index (χ3n) is 1.46. The molecule has 0 aromatic heterocycles. The summed E-state index contributed by atoms with van der Waals surface area (Å²) >= 11 is 2.95. The molecule has 0 rings (SSSR count). The van der Waals surface area contributed by atoms with E-state index in [0.29, 0.717) is 6.42 Å². The maximum absolute atomic E-state index is 10.9. The van der Waals surface area contributed by atoms with Gasteiger partial charge in [-0.2, -0.15) is 0 Å². The van der Waals surface area contributed by atoms with Crippen LogP contribution in [0.1, 0.15) is 20.3 Å². The highest BCUT2D eigenvalue weighted by atomic mass is 79.9. The molecule has 0 heterocycles. The summed E-state index contributed by atoms with van der Waals surface area (Å²) in [7, 11) is 0. The summed E-state index contributed by atoms with van der Waals surface area (Å²) in [6.45, 7) is 3.83. The van der Waals surface area contributed by atoms with Gasteiger partial charge in [0.05, 0.1) is 5.33 Å². The average molecular weight is 252 g/mol. The first-order chi connectivity index (χ1) is 5.97. The van der Waals surface area contributed by atoms with Crippen molar-refractivity contribution in [1.82, 2.24) is 5.32 Å². The highest BCUT2D eigenvalue weighted by molar-refractivity contribution is 9.09. The maximum atomic E-state index is 10.9. The van der Waals surface area contributed by atoms with Gasteiger partial charge in [0.25, 0.3) is 0 Å². The minimum absolute atomic E-state index is 0.134. The predicted molar refractivity (Wildman–Crippen MR) is 52.8 cm³/mol. The van der Waals surface area contributed by atoms with E-state index in [1.54, 1.807) is 0 Å². The second-order valence-electron chi connectivity index (χ2n) is 3.22. The summed E-state index contributed by atoms with van der Waals surface area (Å²) in [6, 6.07) is -0.773. The molecule has 2 N–H and O–H groups in total. The van der Waals surface area contributed by atoms with Gasteiger partial charge in [-0.3, -0.25) is 4.79 Å². The van der Waals surface area contributed by atoms with Crippen LogP contribution in [0.3, 0.4) is 0 Å². The van der Waals surface area contributed by atoms with Crippen LogP contribution >= 0.6 is 15.9 Å². The number of nitrogens with one attached hydrogen (secondary N) is 1. The molecule has 0 saturated heterocycles. The molecular weight excluding hydrogens is 238 g/mol. The van der Waals surface area contributed by atoms with Gasteiger partial charge in [-0.25, -0.2) is 4.79 Å². The molecule has 0 saturated carbocycles. The van der Waals surface area contributed by atoms with Crippen LogP contribution in [0.4, 0.5) is 0 Å². The lowest BCUT2D eigenvalue weighted by Crippen LogP contribution is -2.42. The lowest BCUT2D eigenvalue weighted by Gasteiger charge is -2.15. The molecule has 1 unspecified atom stereocenters. The van der Waals surface area contributed by atoms with Crippen LogP contribution in [0.2, 0.25) is 0 Å². The Labute approximate surface area is 85.8 Å². The van der Waals surface area contributed by atoms with Crippen molar-refractivity contribution in [1.29, 1.82) is 0 Å². The largest absolute Gasteiger partial charge is 0.480 e. The Morgan fingerprint density at radius 3 is 2.31 bits per heavy atom. The van der Waals surface area contributed by atoms with Crippen LogP contribution in [0.25, 0.3) is 0 Å². The quantitative estimate of drug-likeness (QED) is 0.717. The SMILES string of the molecule is CC(C)CC(NC(=O)CBr)C(=O)O. The van der Waals surface area contributed by atoms with Gasteiger partial charge >= 0.3 is 5.97 Å². The molecule has 5 heteroatoms. The van der Waals surface area contributed by atoms with Crippen LogP contribution in [0.5, 0.6) is 0 Å². The zero-order valence-corrected chi connectivity index (χ0v) is 9.30. The molecule has 1 amide bonds. The number of hydrogen-bond donors (Lipinski definition) is 2. The molecule has 0 fully saturated rings. The number of amides is 1. The first-order valence-electron chi connectivity index (χ1n) is 4.05. The molecule has 0 aliphatic carbocycles. The number of carboxylic acids is 1. The molecule has 1 atom stereocenters. The summed E-state index contributed by atoms with van der Waals surface area (Å²) in [4.78, 5) is 21.5. The molecule has 0 aliphatic heterocycles. The van der Waals surface area contributed by atoms with Gasteiger partial charge in [0.1, 0.15) is 6.04 Å². The fourth-order valence-corrected chi connectivity index (χ4v) is 1.09. The molecule has 0 bridgehead atoms. The van der Waals surface area contributed by atoms with Gasteiger partial charge < -0.3 is 10.4 Å². The molecule has 0 aliphatic rings. The van der Waals surface area contributed by atoms with E-state index in [-0.39, 0.29) is 17.2 Å². The van der Waals surface area contributed by atoms with E-state index < -0.39 is 12.0 Å². The number of halogens is 1. The topological polar surface area (TPSA) is 66.4 Å². The Balaban J connectivity index is 4.10. The predicted octanol–water partition coefficient (Wildman–Crippen LogP) is 0.997. The van der Waals surface area contributed by atoms with Crippen LogP contribution in [-0.2, 0) is 9.59 Å². The van der Waals surface area contributed by atoms with E-state index in [2.05, 4.69) is 21.2 Å². The van der Waals surface area contributed by atoms with Crippen molar-refractivity contribution in [2.75, 3.05) is 5.33 Å². The first-order valence-corrected chi connectivity index (χ1v) is 5.17.